The molecule has 3 heteroatoms. The van der Waals surface area contributed by atoms with Gasteiger partial charge in [0, 0.05) is 13.1 Å². The van der Waals surface area contributed by atoms with E-state index < -0.39 is 0 Å². The molecule has 0 aliphatic heterocycles. The van der Waals surface area contributed by atoms with Crippen molar-refractivity contribution < 1.29 is 52.8 Å². The Morgan fingerprint density at radius 2 is 1.00 bits per heavy atom. The van der Waals surface area contributed by atoms with Crippen molar-refractivity contribution in [3.8, 4) is 13.1 Å². The first-order valence-electron chi connectivity index (χ1n) is 0.516. The van der Waals surface area contributed by atoms with Gasteiger partial charge in [-0.1, -0.05) is 0 Å². The summed E-state index contributed by atoms with van der Waals surface area (Å²) in [6, 6.07) is 0. The molecule has 0 bridgehead atoms. The quantitative estimate of drug-likeness (QED) is 0.309. The van der Waals surface area contributed by atoms with Crippen LogP contribution in [0.1, 0.15) is 1.43 Å². The molecule has 0 rings (SSSR count). The van der Waals surface area contributed by atoms with Gasteiger partial charge in [-0.3, -0.25) is 0 Å². The summed E-state index contributed by atoms with van der Waals surface area (Å²) in [6.07, 6.45) is 0. The maximum atomic E-state index is 6.50. The zero-order chi connectivity index (χ0) is 4.00. The second kappa shape index (κ2) is 159. The minimum absolute atomic E-state index is 0. The molecule has 0 fully saturated rings. The first kappa shape index (κ1) is 17.5. The largest absolute Gasteiger partial charge is 1.00 e. The topological polar surface area (TPSA) is 47.6 Å². The summed E-state index contributed by atoms with van der Waals surface area (Å²) in [5.41, 5.74) is 0. The van der Waals surface area contributed by atoms with Gasteiger partial charge in [0.15, 0.2) is 0 Å². The van der Waals surface area contributed by atoms with Crippen molar-refractivity contribution in [2.75, 3.05) is 0 Å². The number of hydrogen-bond donors (Lipinski definition) is 0. The van der Waals surface area contributed by atoms with Gasteiger partial charge in [0.2, 0.25) is 0 Å². The molecule has 0 aromatic carbocycles. The van der Waals surface area contributed by atoms with Crippen molar-refractivity contribution in [2.24, 2.45) is 0 Å². The van der Waals surface area contributed by atoms with Gasteiger partial charge >= 0.3 is 51.4 Å². The molecule has 0 N–H and O–H groups in total. The first-order chi connectivity index (χ1) is 2.00. The summed E-state index contributed by atoms with van der Waals surface area (Å²) < 4.78 is 0. The molecule has 0 unspecified atom stereocenters. The monoisotopic (exact) mass is 94.0 g/mol. The van der Waals surface area contributed by atoms with Crippen molar-refractivity contribution in [3.63, 3.8) is 0 Å². The Labute approximate surface area is 75.3 Å². The molecular formula is C2H3KN2. The first-order valence-corrected chi connectivity index (χ1v) is 0.516. The van der Waals surface area contributed by atoms with Crippen LogP contribution in [0.15, 0.2) is 0 Å². The summed E-state index contributed by atoms with van der Waals surface area (Å²) in [5.74, 6) is 0. The normalized spacial score (nSPS) is 0.800. The SMILES string of the molecule is C#N.C#N.[H-].[K+]. The van der Waals surface area contributed by atoms with Gasteiger partial charge in [0.05, 0.1) is 0 Å². The predicted octanol–water partition coefficient (Wildman–Crippen LogP) is -2.60. The van der Waals surface area contributed by atoms with Crippen LogP contribution < -0.4 is 51.4 Å². The second-order valence-electron chi connectivity index (χ2n) is 0. The molecule has 0 heterocycles. The minimum atomic E-state index is 0. The van der Waals surface area contributed by atoms with Gasteiger partial charge in [0.25, 0.3) is 0 Å². The van der Waals surface area contributed by atoms with E-state index in [4.69, 9.17) is 10.5 Å². The van der Waals surface area contributed by atoms with E-state index in [0.717, 1.165) is 0 Å². The third-order valence-corrected chi connectivity index (χ3v) is 0. The predicted molar refractivity (Wildman–Crippen MR) is 14.5 cm³/mol. The molecule has 0 aromatic rings. The molecular weight excluding hydrogens is 91.1 g/mol. The zero-order valence-electron chi connectivity index (χ0n) is 4.05. The fourth-order valence-electron chi connectivity index (χ4n) is 0. The van der Waals surface area contributed by atoms with E-state index in [2.05, 4.69) is 13.1 Å². The summed E-state index contributed by atoms with van der Waals surface area (Å²) in [4.78, 5) is 0. The van der Waals surface area contributed by atoms with Crippen LogP contribution in [0.25, 0.3) is 0 Å². The van der Waals surface area contributed by atoms with E-state index in [-0.39, 0.29) is 52.8 Å². The third-order valence-electron chi connectivity index (χ3n) is 0. The Bertz CT molecular complexity index is 27.0. The van der Waals surface area contributed by atoms with Crippen LogP contribution >= 0.6 is 0 Å². The molecule has 0 atom stereocenters. The van der Waals surface area contributed by atoms with Gasteiger partial charge in [-0.25, -0.2) is 10.5 Å². The van der Waals surface area contributed by atoms with Crippen molar-refractivity contribution in [3.05, 3.63) is 0 Å². The molecule has 0 aromatic heterocycles. The van der Waals surface area contributed by atoms with Crippen LogP contribution in [0.5, 0.6) is 0 Å². The van der Waals surface area contributed by atoms with Crippen LogP contribution in [-0.4, -0.2) is 0 Å². The van der Waals surface area contributed by atoms with Crippen molar-refractivity contribution >= 4 is 0 Å². The summed E-state index contributed by atoms with van der Waals surface area (Å²) in [6.45, 7) is 7.00. The molecule has 0 aliphatic rings. The van der Waals surface area contributed by atoms with Gasteiger partial charge in [-0.15, -0.1) is 0 Å². The number of hydrogen-bond acceptors (Lipinski definition) is 2. The summed E-state index contributed by atoms with van der Waals surface area (Å²) in [7, 11) is 0. The van der Waals surface area contributed by atoms with Gasteiger partial charge in [0.1, 0.15) is 0 Å². The summed E-state index contributed by atoms with van der Waals surface area (Å²) >= 11 is 0. The van der Waals surface area contributed by atoms with Crippen LogP contribution in [0.2, 0.25) is 0 Å². The maximum Gasteiger partial charge on any atom is 1.00 e. The van der Waals surface area contributed by atoms with Gasteiger partial charge in [-0.2, -0.15) is 0 Å². The van der Waals surface area contributed by atoms with Gasteiger partial charge < -0.3 is 1.43 Å². The molecule has 5 heavy (non-hydrogen) atoms. The molecule has 0 radical (unpaired) electrons. The zero-order valence-corrected chi connectivity index (χ0v) is 6.17. The van der Waals surface area contributed by atoms with Crippen LogP contribution in [-0.2, 0) is 0 Å². The Balaban J connectivity index is -0.00000000500. The third kappa shape index (κ3) is 83.2. The number of rotatable bonds is 0. The Morgan fingerprint density at radius 3 is 1.00 bits per heavy atom. The number of nitriles is 2. The fourth-order valence-corrected chi connectivity index (χ4v) is 0. The van der Waals surface area contributed by atoms with E-state index >= 15 is 0 Å². The molecule has 22 valence electrons. The average molecular weight is 94.2 g/mol. The van der Waals surface area contributed by atoms with E-state index in [1.807, 2.05) is 0 Å². The molecule has 0 saturated carbocycles. The Hall–Kier alpha value is 0.616. The van der Waals surface area contributed by atoms with Crippen molar-refractivity contribution in [1.29, 1.82) is 10.5 Å². The van der Waals surface area contributed by atoms with Gasteiger partial charge in [-0.05, 0) is 0 Å². The van der Waals surface area contributed by atoms with Crippen LogP contribution in [0.3, 0.4) is 0 Å². The smallest absolute Gasteiger partial charge is 1.00 e. The van der Waals surface area contributed by atoms with E-state index in [9.17, 15) is 0 Å². The average Bonchev–Trinajstić information content (AvgIpc) is 1.50. The molecule has 2 nitrogen and oxygen atoms in total. The Morgan fingerprint density at radius 1 is 1.00 bits per heavy atom. The standard InChI is InChI=1S/2CHN.K.H/c2*1-2;;/h2*1H;;/q;;+1;-1. The van der Waals surface area contributed by atoms with Crippen molar-refractivity contribution in [2.45, 2.75) is 0 Å². The fraction of sp³-hybridized carbons (Fsp3) is 0. The Kier molecular flexibility index (Phi) is 556. The molecule has 0 amide bonds. The molecule has 0 spiro atoms. The molecule has 0 saturated heterocycles. The van der Waals surface area contributed by atoms with E-state index in [1.54, 1.807) is 0 Å². The maximum absolute atomic E-state index is 6.50. The number of nitrogens with zero attached hydrogens (tertiary/aromatic N) is 2. The summed E-state index contributed by atoms with van der Waals surface area (Å²) in [5, 5.41) is 13.0. The minimum Gasteiger partial charge on any atom is -1.00 e. The molecule has 0 aliphatic carbocycles. The van der Waals surface area contributed by atoms with Crippen LogP contribution in [0.4, 0.5) is 0 Å². The van der Waals surface area contributed by atoms with Crippen molar-refractivity contribution in [1.82, 2.24) is 0 Å². The second-order valence-corrected chi connectivity index (χ2v) is 0. The van der Waals surface area contributed by atoms with E-state index in [1.165, 1.54) is 0 Å². The van der Waals surface area contributed by atoms with Crippen LogP contribution in [0, 0.1) is 23.7 Å². The van der Waals surface area contributed by atoms with E-state index in [0.29, 0.717) is 0 Å².